The number of ether oxygens (including phenoxy) is 1. The monoisotopic (exact) mass is 431 g/mol. The number of rotatable bonds is 5. The summed E-state index contributed by atoms with van der Waals surface area (Å²) < 4.78 is 6.66. The van der Waals surface area contributed by atoms with Crippen molar-refractivity contribution in [2.75, 3.05) is 18.6 Å². The van der Waals surface area contributed by atoms with E-state index in [1.807, 2.05) is 56.3 Å². The lowest BCUT2D eigenvalue weighted by Crippen LogP contribution is -2.31. The van der Waals surface area contributed by atoms with E-state index in [-0.39, 0.29) is 12.5 Å². The van der Waals surface area contributed by atoms with Crippen molar-refractivity contribution in [1.29, 1.82) is 0 Å². The lowest BCUT2D eigenvalue weighted by Gasteiger charge is -2.14. The highest BCUT2D eigenvalue weighted by Gasteiger charge is 2.17. The fourth-order valence-electron chi connectivity index (χ4n) is 2.36. The maximum Gasteiger partial charge on any atom is 0.266 e. The number of likely N-dealkylation sites (N-methyl/N-ethyl adjacent to an activating group) is 1. The molecular formula is C19H18BrN3O2S. The van der Waals surface area contributed by atoms with Gasteiger partial charge in [-0.05, 0) is 37.6 Å². The van der Waals surface area contributed by atoms with Crippen molar-refractivity contribution in [3.05, 3.63) is 58.1 Å². The molecule has 7 heteroatoms. The molecule has 3 rings (SSSR count). The third-order valence-corrected chi connectivity index (χ3v) is 5.43. The summed E-state index contributed by atoms with van der Waals surface area (Å²) in [5.74, 6) is 0.536. The van der Waals surface area contributed by atoms with E-state index in [0.29, 0.717) is 10.9 Å². The highest BCUT2D eigenvalue weighted by molar-refractivity contribution is 9.10. The van der Waals surface area contributed by atoms with Gasteiger partial charge in [-0.2, -0.15) is 0 Å². The number of nitrogens with zero attached hydrogens (tertiary/aromatic N) is 3. The number of halogens is 1. The van der Waals surface area contributed by atoms with Crippen molar-refractivity contribution in [2.24, 2.45) is 0 Å². The van der Waals surface area contributed by atoms with E-state index < -0.39 is 0 Å². The lowest BCUT2D eigenvalue weighted by atomic mass is 10.1. The molecular weight excluding hydrogens is 414 g/mol. The number of benzene rings is 2. The second-order valence-corrected chi connectivity index (χ2v) is 7.78. The van der Waals surface area contributed by atoms with E-state index in [0.717, 1.165) is 26.2 Å². The summed E-state index contributed by atoms with van der Waals surface area (Å²) in [6, 6.07) is 13.7. The van der Waals surface area contributed by atoms with Crippen LogP contribution in [0.2, 0.25) is 0 Å². The van der Waals surface area contributed by atoms with Crippen LogP contribution in [0.3, 0.4) is 0 Å². The quantitative estimate of drug-likeness (QED) is 0.590. The first-order valence-electron chi connectivity index (χ1n) is 8.00. The van der Waals surface area contributed by atoms with Crippen molar-refractivity contribution >= 4 is 38.3 Å². The molecule has 2 aromatic carbocycles. The molecule has 0 spiro atoms. The topological polar surface area (TPSA) is 55.3 Å². The van der Waals surface area contributed by atoms with E-state index >= 15 is 0 Å². The SMILES string of the molecule is Cc1ccc(OCC(=O)N(C)c2nnc(-c3ccc(Br)cc3)s2)c(C)c1. The molecule has 1 aromatic heterocycles. The predicted molar refractivity (Wildman–Crippen MR) is 108 cm³/mol. The molecule has 0 bridgehead atoms. The third kappa shape index (κ3) is 4.28. The van der Waals surface area contributed by atoms with Gasteiger partial charge < -0.3 is 4.74 Å². The van der Waals surface area contributed by atoms with Gasteiger partial charge in [0.1, 0.15) is 10.8 Å². The minimum atomic E-state index is -0.177. The Bertz CT molecular complexity index is 925. The number of aryl methyl sites for hydroxylation is 2. The average molecular weight is 432 g/mol. The smallest absolute Gasteiger partial charge is 0.266 e. The molecule has 5 nitrogen and oxygen atoms in total. The van der Waals surface area contributed by atoms with Gasteiger partial charge in [-0.25, -0.2) is 0 Å². The summed E-state index contributed by atoms with van der Waals surface area (Å²) in [6.45, 7) is 3.94. The van der Waals surface area contributed by atoms with Crippen LogP contribution in [-0.2, 0) is 4.79 Å². The maximum absolute atomic E-state index is 12.4. The molecule has 0 unspecified atom stereocenters. The van der Waals surface area contributed by atoms with Gasteiger partial charge in [0.05, 0.1) is 0 Å². The zero-order chi connectivity index (χ0) is 18.7. The number of carbonyl (C=O) groups is 1. The lowest BCUT2D eigenvalue weighted by molar-refractivity contribution is -0.120. The Morgan fingerprint density at radius 1 is 1.15 bits per heavy atom. The molecule has 134 valence electrons. The van der Waals surface area contributed by atoms with Crippen molar-refractivity contribution in [2.45, 2.75) is 13.8 Å². The Balaban J connectivity index is 1.66. The van der Waals surface area contributed by atoms with Crippen LogP contribution in [-0.4, -0.2) is 29.8 Å². The van der Waals surface area contributed by atoms with Crippen molar-refractivity contribution in [3.63, 3.8) is 0 Å². The first kappa shape index (κ1) is 18.5. The van der Waals surface area contributed by atoms with Crippen LogP contribution in [0.4, 0.5) is 5.13 Å². The Kier molecular flexibility index (Phi) is 5.68. The summed E-state index contributed by atoms with van der Waals surface area (Å²) in [6.07, 6.45) is 0. The molecule has 0 aliphatic heterocycles. The molecule has 0 fully saturated rings. The maximum atomic E-state index is 12.4. The first-order chi connectivity index (χ1) is 12.4. The standard InChI is InChI=1S/C19H18BrN3O2S/c1-12-4-9-16(13(2)10-12)25-11-17(24)23(3)19-22-21-18(26-19)14-5-7-15(20)8-6-14/h4-10H,11H2,1-3H3. The Morgan fingerprint density at radius 2 is 1.88 bits per heavy atom. The fourth-order valence-corrected chi connectivity index (χ4v) is 3.46. The van der Waals surface area contributed by atoms with E-state index in [1.54, 1.807) is 7.05 Å². The number of hydrogen-bond donors (Lipinski definition) is 0. The Morgan fingerprint density at radius 3 is 2.58 bits per heavy atom. The molecule has 0 aliphatic rings. The zero-order valence-corrected chi connectivity index (χ0v) is 17.1. The van der Waals surface area contributed by atoms with Crippen LogP contribution >= 0.6 is 27.3 Å². The summed E-state index contributed by atoms with van der Waals surface area (Å²) >= 11 is 4.78. The van der Waals surface area contributed by atoms with Gasteiger partial charge >= 0.3 is 0 Å². The van der Waals surface area contributed by atoms with Crippen molar-refractivity contribution < 1.29 is 9.53 Å². The largest absolute Gasteiger partial charge is 0.483 e. The zero-order valence-electron chi connectivity index (χ0n) is 14.7. The van der Waals surface area contributed by atoms with Crippen LogP contribution in [0.5, 0.6) is 5.75 Å². The Labute approximate surface area is 164 Å². The van der Waals surface area contributed by atoms with E-state index in [4.69, 9.17) is 4.74 Å². The summed E-state index contributed by atoms with van der Waals surface area (Å²) in [5.41, 5.74) is 3.13. The second-order valence-electron chi connectivity index (χ2n) is 5.91. The van der Waals surface area contributed by atoms with Gasteiger partial charge in [0, 0.05) is 17.1 Å². The predicted octanol–water partition coefficient (Wildman–Crippen LogP) is 4.63. The van der Waals surface area contributed by atoms with Crippen LogP contribution in [0.1, 0.15) is 11.1 Å². The Hall–Kier alpha value is -2.25. The number of amides is 1. The van der Waals surface area contributed by atoms with Gasteiger partial charge in [0.25, 0.3) is 5.91 Å². The van der Waals surface area contributed by atoms with Crippen molar-refractivity contribution in [3.8, 4) is 16.3 Å². The highest BCUT2D eigenvalue weighted by atomic mass is 79.9. The molecule has 0 saturated heterocycles. The van der Waals surface area contributed by atoms with Gasteiger partial charge in [0.15, 0.2) is 6.61 Å². The summed E-state index contributed by atoms with van der Waals surface area (Å²) in [5, 5.41) is 9.61. The number of carbonyl (C=O) groups excluding carboxylic acids is 1. The second kappa shape index (κ2) is 7.97. The number of anilines is 1. The molecule has 0 radical (unpaired) electrons. The van der Waals surface area contributed by atoms with Gasteiger partial charge in [-0.15, -0.1) is 10.2 Å². The summed E-state index contributed by atoms with van der Waals surface area (Å²) in [4.78, 5) is 13.9. The molecule has 1 heterocycles. The van der Waals surface area contributed by atoms with Crippen molar-refractivity contribution in [1.82, 2.24) is 10.2 Å². The minimum absolute atomic E-state index is 0.0480. The fraction of sp³-hybridized carbons (Fsp3) is 0.211. The first-order valence-corrected chi connectivity index (χ1v) is 9.61. The highest BCUT2D eigenvalue weighted by Crippen LogP contribution is 2.29. The molecule has 1 amide bonds. The third-order valence-electron chi connectivity index (χ3n) is 3.85. The van der Waals surface area contributed by atoms with Gasteiger partial charge in [-0.3, -0.25) is 9.69 Å². The molecule has 26 heavy (non-hydrogen) atoms. The van der Waals surface area contributed by atoms with Gasteiger partial charge in [0.2, 0.25) is 5.13 Å². The number of hydrogen-bond acceptors (Lipinski definition) is 5. The normalized spacial score (nSPS) is 10.6. The van der Waals surface area contributed by atoms with E-state index in [2.05, 4.69) is 26.1 Å². The molecule has 3 aromatic rings. The van der Waals surface area contributed by atoms with E-state index in [1.165, 1.54) is 16.2 Å². The van der Waals surface area contributed by atoms with Crippen LogP contribution < -0.4 is 9.64 Å². The van der Waals surface area contributed by atoms with E-state index in [9.17, 15) is 4.79 Å². The summed E-state index contributed by atoms with van der Waals surface area (Å²) in [7, 11) is 1.68. The molecule has 0 saturated carbocycles. The minimum Gasteiger partial charge on any atom is -0.483 e. The van der Waals surface area contributed by atoms with Crippen LogP contribution in [0, 0.1) is 13.8 Å². The molecule has 0 aliphatic carbocycles. The van der Waals surface area contributed by atoms with Gasteiger partial charge in [-0.1, -0.05) is 57.1 Å². The number of aromatic nitrogens is 2. The van der Waals surface area contributed by atoms with Crippen LogP contribution in [0.15, 0.2) is 46.9 Å². The average Bonchev–Trinajstić information content (AvgIpc) is 3.10. The van der Waals surface area contributed by atoms with Crippen LogP contribution in [0.25, 0.3) is 10.6 Å². The molecule has 0 atom stereocenters. The molecule has 0 N–H and O–H groups in total.